The molecule has 0 aromatic carbocycles. The van der Waals surface area contributed by atoms with Crippen molar-refractivity contribution in [1.29, 1.82) is 0 Å². The molecule has 0 fully saturated rings. The maximum atomic E-state index is 12.5. The molecule has 0 aromatic heterocycles. The highest BCUT2D eigenvalue weighted by molar-refractivity contribution is 5.76. The number of hydrogen-bond donors (Lipinski definition) is 3. The van der Waals surface area contributed by atoms with E-state index < -0.39 is 12.1 Å². The number of aliphatic hydroxyl groups excluding tert-OH is 2. The van der Waals surface area contributed by atoms with E-state index in [9.17, 15) is 19.8 Å². The van der Waals surface area contributed by atoms with Crippen LogP contribution in [0.4, 0.5) is 0 Å². The maximum Gasteiger partial charge on any atom is 0.305 e. The van der Waals surface area contributed by atoms with Crippen LogP contribution in [0.15, 0.2) is 12.2 Å². The molecule has 0 saturated carbocycles. The zero-order valence-corrected chi connectivity index (χ0v) is 46.8. The minimum Gasteiger partial charge on any atom is -0.466 e. The van der Waals surface area contributed by atoms with Gasteiger partial charge in [-0.05, 0) is 51.4 Å². The van der Waals surface area contributed by atoms with Gasteiger partial charge in [-0.1, -0.05) is 302 Å². The molecule has 1 amide bonds. The number of carbonyl (C=O) groups excluding carboxylic acids is 2. The summed E-state index contributed by atoms with van der Waals surface area (Å²) in [6.45, 7) is 4.98. The molecule has 0 spiro atoms. The van der Waals surface area contributed by atoms with E-state index in [0.717, 1.165) is 38.5 Å². The van der Waals surface area contributed by atoms with Crippen LogP contribution in [0.25, 0.3) is 0 Å². The Morgan fingerprint density at radius 1 is 0.391 bits per heavy atom. The molecule has 0 radical (unpaired) electrons. The summed E-state index contributed by atoms with van der Waals surface area (Å²) in [4.78, 5) is 24.5. The van der Waals surface area contributed by atoms with Crippen molar-refractivity contribution in [1.82, 2.24) is 5.32 Å². The summed E-state index contributed by atoms with van der Waals surface area (Å²) >= 11 is 0. The van der Waals surface area contributed by atoms with Crippen LogP contribution >= 0.6 is 0 Å². The Morgan fingerprint density at radius 3 is 1.03 bits per heavy atom. The van der Waals surface area contributed by atoms with E-state index in [4.69, 9.17) is 4.74 Å². The number of aliphatic hydroxyl groups is 2. The van der Waals surface area contributed by atoms with Crippen LogP contribution in [-0.4, -0.2) is 47.4 Å². The Kier molecular flexibility index (Phi) is 58.0. The lowest BCUT2D eigenvalue weighted by molar-refractivity contribution is -0.143. The number of hydrogen-bond acceptors (Lipinski definition) is 5. The molecule has 0 aliphatic carbocycles. The SMILES string of the molecule is CCCCCCCCCCCCCCCCCC(=O)OCCCCCCCCCCCCCC/C=C\CCCCCCCCCC(=O)NC(CO)C(O)CCCCCCCCCCCCCCCC. The van der Waals surface area contributed by atoms with Gasteiger partial charge in [0.15, 0.2) is 0 Å². The van der Waals surface area contributed by atoms with Crippen molar-refractivity contribution in [3.8, 4) is 0 Å². The third-order valence-electron chi connectivity index (χ3n) is 14.8. The van der Waals surface area contributed by atoms with Crippen LogP contribution in [0.3, 0.4) is 0 Å². The number of amides is 1. The van der Waals surface area contributed by atoms with Crippen LogP contribution in [0, 0.1) is 0 Å². The van der Waals surface area contributed by atoms with Crippen molar-refractivity contribution in [2.24, 2.45) is 0 Å². The van der Waals surface area contributed by atoms with Crippen molar-refractivity contribution >= 4 is 11.9 Å². The molecule has 0 aromatic rings. The second kappa shape index (κ2) is 59.2. The number of rotatable bonds is 59. The van der Waals surface area contributed by atoms with Gasteiger partial charge >= 0.3 is 5.97 Å². The van der Waals surface area contributed by atoms with Crippen molar-refractivity contribution in [3.63, 3.8) is 0 Å². The lowest BCUT2D eigenvalue weighted by atomic mass is 10.0. The van der Waals surface area contributed by atoms with E-state index in [0.29, 0.717) is 25.9 Å². The van der Waals surface area contributed by atoms with Gasteiger partial charge in [0.25, 0.3) is 0 Å². The number of ether oxygens (including phenoxy) is 1. The Bertz CT molecular complexity index is 1030. The van der Waals surface area contributed by atoms with Gasteiger partial charge in [0.2, 0.25) is 5.91 Å². The number of carbonyl (C=O) groups is 2. The molecular weight excluding hydrogens is 851 g/mol. The summed E-state index contributed by atoms with van der Waals surface area (Å²) in [7, 11) is 0. The normalized spacial score (nSPS) is 12.6. The molecule has 69 heavy (non-hydrogen) atoms. The first-order valence-corrected chi connectivity index (χ1v) is 31.4. The molecule has 2 atom stereocenters. The van der Waals surface area contributed by atoms with E-state index in [-0.39, 0.29) is 18.5 Å². The number of nitrogens with one attached hydrogen (secondary N) is 1. The fourth-order valence-corrected chi connectivity index (χ4v) is 9.99. The quantitative estimate of drug-likeness (QED) is 0.0321. The van der Waals surface area contributed by atoms with Gasteiger partial charge < -0.3 is 20.3 Å². The zero-order chi connectivity index (χ0) is 50.0. The summed E-state index contributed by atoms with van der Waals surface area (Å²) in [5.41, 5.74) is 0. The predicted octanol–water partition coefficient (Wildman–Crippen LogP) is 19.6. The molecule has 6 heteroatoms. The van der Waals surface area contributed by atoms with Crippen molar-refractivity contribution in [2.75, 3.05) is 13.2 Å². The highest BCUT2D eigenvalue weighted by Gasteiger charge is 2.20. The summed E-state index contributed by atoms with van der Waals surface area (Å²) in [6, 6.07) is -0.545. The predicted molar refractivity (Wildman–Crippen MR) is 301 cm³/mol. The standard InChI is InChI=1S/C63H123NO5/c1-3-5-7-9-11-13-15-17-28-33-37-41-45-49-53-57-63(68)69-58-54-50-46-42-38-34-30-27-25-23-21-19-20-22-24-26-29-32-36-40-44-48-52-56-62(67)64-60(59-65)61(66)55-51-47-43-39-35-31-18-16-14-12-10-8-6-4-2/h22,24,60-61,65-66H,3-21,23,25-59H2,1-2H3,(H,64,67)/b24-22-. The maximum absolute atomic E-state index is 12.5. The van der Waals surface area contributed by atoms with Gasteiger partial charge in [-0.3, -0.25) is 9.59 Å². The van der Waals surface area contributed by atoms with E-state index >= 15 is 0 Å². The van der Waals surface area contributed by atoms with E-state index in [1.165, 1.54) is 283 Å². The van der Waals surface area contributed by atoms with Crippen LogP contribution in [0.1, 0.15) is 354 Å². The van der Waals surface area contributed by atoms with Crippen LogP contribution in [0.2, 0.25) is 0 Å². The van der Waals surface area contributed by atoms with Gasteiger partial charge in [0, 0.05) is 12.8 Å². The highest BCUT2D eigenvalue weighted by atomic mass is 16.5. The Morgan fingerprint density at radius 2 is 0.681 bits per heavy atom. The highest BCUT2D eigenvalue weighted by Crippen LogP contribution is 2.18. The lowest BCUT2D eigenvalue weighted by Crippen LogP contribution is -2.45. The van der Waals surface area contributed by atoms with E-state index in [2.05, 4.69) is 31.3 Å². The van der Waals surface area contributed by atoms with Gasteiger partial charge in [0.05, 0.1) is 25.4 Å². The van der Waals surface area contributed by atoms with Crippen molar-refractivity contribution in [3.05, 3.63) is 12.2 Å². The van der Waals surface area contributed by atoms with Crippen LogP contribution in [-0.2, 0) is 14.3 Å². The summed E-state index contributed by atoms with van der Waals surface area (Å²) < 4.78 is 5.49. The first-order chi connectivity index (χ1) is 34.0. The van der Waals surface area contributed by atoms with Gasteiger partial charge in [-0.25, -0.2) is 0 Å². The van der Waals surface area contributed by atoms with E-state index in [1.807, 2.05) is 0 Å². The summed E-state index contributed by atoms with van der Waals surface area (Å²) in [5.74, 6) is -0.0241. The Balaban J connectivity index is 3.38. The molecule has 0 bridgehead atoms. The van der Waals surface area contributed by atoms with Gasteiger partial charge in [-0.15, -0.1) is 0 Å². The fourth-order valence-electron chi connectivity index (χ4n) is 9.99. The van der Waals surface area contributed by atoms with E-state index in [1.54, 1.807) is 0 Å². The van der Waals surface area contributed by atoms with Crippen LogP contribution < -0.4 is 5.32 Å². The smallest absolute Gasteiger partial charge is 0.305 e. The average Bonchev–Trinajstić information content (AvgIpc) is 3.35. The third-order valence-corrected chi connectivity index (χ3v) is 14.8. The first kappa shape index (κ1) is 67.6. The minimum atomic E-state index is -0.667. The topological polar surface area (TPSA) is 95.9 Å². The van der Waals surface area contributed by atoms with Crippen LogP contribution in [0.5, 0.6) is 0 Å². The van der Waals surface area contributed by atoms with Gasteiger partial charge in [0.1, 0.15) is 0 Å². The Labute approximate surface area is 431 Å². The molecule has 2 unspecified atom stereocenters. The number of esters is 1. The molecule has 410 valence electrons. The lowest BCUT2D eigenvalue weighted by Gasteiger charge is -2.22. The Hall–Kier alpha value is -1.40. The molecule has 6 nitrogen and oxygen atoms in total. The second-order valence-electron chi connectivity index (χ2n) is 21.7. The molecule has 0 saturated heterocycles. The zero-order valence-electron chi connectivity index (χ0n) is 46.8. The summed E-state index contributed by atoms with van der Waals surface area (Å²) in [6.07, 6.45) is 70.8. The average molecular weight is 975 g/mol. The monoisotopic (exact) mass is 974 g/mol. The molecule has 0 aliphatic heterocycles. The number of unbranched alkanes of at least 4 members (excludes halogenated alkanes) is 46. The number of allylic oxidation sites excluding steroid dienone is 2. The van der Waals surface area contributed by atoms with Gasteiger partial charge in [-0.2, -0.15) is 0 Å². The largest absolute Gasteiger partial charge is 0.466 e. The minimum absolute atomic E-state index is 0.0151. The molecule has 0 aliphatic rings. The fraction of sp³-hybridized carbons (Fsp3) is 0.937. The first-order valence-electron chi connectivity index (χ1n) is 31.4. The summed E-state index contributed by atoms with van der Waals surface area (Å²) in [5, 5.41) is 23.3. The van der Waals surface area contributed by atoms with Crippen molar-refractivity contribution < 1.29 is 24.5 Å². The second-order valence-corrected chi connectivity index (χ2v) is 21.7. The molecule has 3 N–H and O–H groups in total. The molecular formula is C63H123NO5. The third kappa shape index (κ3) is 55.8. The molecule has 0 heterocycles. The molecule has 0 rings (SSSR count). The van der Waals surface area contributed by atoms with Crippen molar-refractivity contribution in [2.45, 2.75) is 366 Å².